The molecule has 1 fully saturated rings. The molecule has 1 aliphatic rings. The van der Waals surface area contributed by atoms with Gasteiger partial charge in [-0.15, -0.1) is 0 Å². The fourth-order valence-electron chi connectivity index (χ4n) is 4.19. The van der Waals surface area contributed by atoms with Gasteiger partial charge in [-0.2, -0.15) is 5.10 Å². The summed E-state index contributed by atoms with van der Waals surface area (Å²) in [6.45, 7) is 4.09. The van der Waals surface area contributed by atoms with Crippen LogP contribution in [0.15, 0.2) is 47.6 Å². The Morgan fingerprint density at radius 3 is 2.73 bits per heavy atom. The Bertz CT molecular complexity index is 1260. The van der Waals surface area contributed by atoms with Gasteiger partial charge in [0.25, 0.3) is 0 Å². The van der Waals surface area contributed by atoms with Gasteiger partial charge in [0.15, 0.2) is 11.5 Å². The van der Waals surface area contributed by atoms with Crippen molar-refractivity contribution >= 4 is 39.4 Å². The first-order valence-corrected chi connectivity index (χ1v) is 10.1. The summed E-state index contributed by atoms with van der Waals surface area (Å²) in [7, 11) is 2.17. The molecule has 0 unspecified atom stereocenters. The van der Waals surface area contributed by atoms with Crippen molar-refractivity contribution in [3.05, 3.63) is 48.0 Å². The summed E-state index contributed by atoms with van der Waals surface area (Å²) in [6, 6.07) is 14.2. The van der Waals surface area contributed by atoms with Gasteiger partial charge in [-0.1, -0.05) is 12.1 Å². The number of pyridine rings is 2. The van der Waals surface area contributed by atoms with E-state index in [0.717, 1.165) is 66.0 Å². The maximum Gasteiger partial charge on any atom is 0.170 e. The highest BCUT2D eigenvalue weighted by Gasteiger charge is 2.19. The number of likely N-dealkylation sites (N-methyl/N-ethyl adjacent to an activating group) is 1. The molecule has 0 atom stereocenters. The molecule has 0 spiro atoms. The third-order valence-electron chi connectivity index (χ3n) is 5.77. The Kier molecular flexibility index (Phi) is 4.61. The minimum Gasteiger partial charge on any atom is -0.355 e. The number of amidine groups is 1. The molecule has 1 aromatic carbocycles. The zero-order valence-corrected chi connectivity index (χ0v) is 16.9. The number of hydrazine groups is 1. The molecule has 4 aromatic rings. The number of nitrogens with two attached hydrogens (primary N) is 2. The summed E-state index contributed by atoms with van der Waals surface area (Å²) in [5.41, 5.74) is 6.74. The quantitative estimate of drug-likeness (QED) is 0.200. The largest absolute Gasteiger partial charge is 0.355 e. The van der Waals surface area contributed by atoms with Crippen LogP contribution in [0.1, 0.15) is 12.0 Å². The van der Waals surface area contributed by atoms with Crippen molar-refractivity contribution in [1.82, 2.24) is 24.7 Å². The van der Waals surface area contributed by atoms with Gasteiger partial charge in [0.05, 0.1) is 16.6 Å². The smallest absolute Gasteiger partial charge is 0.170 e. The van der Waals surface area contributed by atoms with Crippen LogP contribution in [0.3, 0.4) is 0 Å². The zero-order valence-electron chi connectivity index (χ0n) is 16.9. The van der Waals surface area contributed by atoms with Crippen LogP contribution in [0.25, 0.3) is 27.7 Å². The fourth-order valence-corrected chi connectivity index (χ4v) is 4.19. The Hall–Kier alpha value is -3.43. The number of aromatic nitrogens is 3. The molecule has 0 bridgehead atoms. The van der Waals surface area contributed by atoms with Crippen molar-refractivity contribution in [2.45, 2.75) is 6.42 Å². The van der Waals surface area contributed by atoms with Gasteiger partial charge in [-0.25, -0.2) is 15.8 Å². The summed E-state index contributed by atoms with van der Waals surface area (Å²) < 4.78 is 2.07. The van der Waals surface area contributed by atoms with Gasteiger partial charge >= 0.3 is 0 Å². The third-order valence-corrected chi connectivity index (χ3v) is 5.77. The van der Waals surface area contributed by atoms with E-state index < -0.39 is 0 Å². The molecular weight excluding hydrogens is 378 g/mol. The second-order valence-corrected chi connectivity index (χ2v) is 7.67. The van der Waals surface area contributed by atoms with Crippen LogP contribution in [0.5, 0.6) is 0 Å². The van der Waals surface area contributed by atoms with Crippen molar-refractivity contribution < 1.29 is 0 Å². The number of imidazole rings is 1. The van der Waals surface area contributed by atoms with Crippen LogP contribution in [-0.2, 0) is 0 Å². The van der Waals surface area contributed by atoms with Crippen molar-refractivity contribution in [2.24, 2.45) is 16.8 Å². The number of fused-ring (bicyclic) bond motifs is 5. The average Bonchev–Trinajstić information content (AvgIpc) is 3.03. The molecule has 1 saturated heterocycles. The number of rotatable bonds is 2. The molecule has 9 heteroatoms. The molecule has 9 nitrogen and oxygen atoms in total. The number of nitrogens with one attached hydrogen (secondary N) is 1. The number of hydrazone groups is 1. The Labute approximate surface area is 173 Å². The van der Waals surface area contributed by atoms with E-state index in [4.69, 9.17) is 21.7 Å². The minimum atomic E-state index is 0.372. The summed E-state index contributed by atoms with van der Waals surface area (Å²) in [5.74, 6) is 12.6. The van der Waals surface area contributed by atoms with E-state index in [1.165, 1.54) is 0 Å². The molecule has 0 saturated carbocycles. The first-order valence-electron chi connectivity index (χ1n) is 10.1. The highest BCUT2D eigenvalue weighted by atomic mass is 15.3. The topological polar surface area (TPSA) is 113 Å². The first-order chi connectivity index (χ1) is 14.7. The van der Waals surface area contributed by atoms with Crippen molar-refractivity contribution in [2.75, 3.05) is 38.1 Å². The molecule has 0 aliphatic carbocycles. The number of anilines is 1. The third kappa shape index (κ3) is 2.99. The van der Waals surface area contributed by atoms with Gasteiger partial charge in [0.2, 0.25) is 0 Å². The zero-order chi connectivity index (χ0) is 20.7. The number of hydrogen-bond donors (Lipinski definition) is 3. The molecular formula is C21H25N9. The van der Waals surface area contributed by atoms with E-state index in [2.05, 4.69) is 43.9 Å². The van der Waals surface area contributed by atoms with Crippen molar-refractivity contribution in [3.8, 4) is 0 Å². The summed E-state index contributed by atoms with van der Waals surface area (Å²) >= 11 is 0. The van der Waals surface area contributed by atoms with E-state index in [1.807, 2.05) is 30.3 Å². The fraction of sp³-hybridized carbons (Fsp3) is 0.286. The predicted molar refractivity (Wildman–Crippen MR) is 120 cm³/mol. The van der Waals surface area contributed by atoms with E-state index in [0.29, 0.717) is 11.5 Å². The highest BCUT2D eigenvalue weighted by molar-refractivity contribution is 6.08. The number of hydrogen-bond acceptors (Lipinski definition) is 7. The van der Waals surface area contributed by atoms with Crippen molar-refractivity contribution in [1.29, 1.82) is 0 Å². The minimum absolute atomic E-state index is 0.372. The van der Waals surface area contributed by atoms with Gasteiger partial charge in [0, 0.05) is 25.0 Å². The van der Waals surface area contributed by atoms with E-state index in [-0.39, 0.29) is 0 Å². The molecule has 5 rings (SSSR count). The Morgan fingerprint density at radius 1 is 1.03 bits per heavy atom. The van der Waals surface area contributed by atoms with Gasteiger partial charge in [0.1, 0.15) is 11.5 Å². The van der Waals surface area contributed by atoms with Gasteiger partial charge in [-0.05, 0) is 50.3 Å². The predicted octanol–water partition coefficient (Wildman–Crippen LogP) is 1.26. The van der Waals surface area contributed by atoms with E-state index in [1.54, 1.807) is 0 Å². The normalized spacial score (nSPS) is 16.5. The summed E-state index contributed by atoms with van der Waals surface area (Å²) in [4.78, 5) is 14.6. The lowest BCUT2D eigenvalue weighted by Gasteiger charge is -2.22. The maximum atomic E-state index is 5.67. The van der Waals surface area contributed by atoms with Crippen LogP contribution < -0.4 is 22.0 Å². The molecule has 3 aromatic heterocycles. The molecule has 30 heavy (non-hydrogen) atoms. The standard InChI is InChI=1S/C21H25N9/c1-28-9-4-10-29(12-11-28)18-8-7-14-13-15(19(26-22)27-23)21-24-16-5-2-3-6-17(16)30(21)20(14)25-18/h2-3,5-8,13H,4,9-12,22-23H2,1H3,(H,26,27). The lowest BCUT2D eigenvalue weighted by atomic mass is 10.1. The van der Waals surface area contributed by atoms with E-state index >= 15 is 0 Å². The Morgan fingerprint density at radius 2 is 1.90 bits per heavy atom. The van der Waals surface area contributed by atoms with Gasteiger partial charge < -0.3 is 21.1 Å². The Balaban J connectivity index is 1.77. The number of nitrogens with zero attached hydrogens (tertiary/aromatic N) is 6. The monoisotopic (exact) mass is 403 g/mol. The van der Waals surface area contributed by atoms with Crippen LogP contribution in [0.2, 0.25) is 0 Å². The molecule has 0 amide bonds. The van der Waals surface area contributed by atoms with Crippen LogP contribution in [0, 0.1) is 0 Å². The first kappa shape index (κ1) is 18.6. The molecule has 5 N–H and O–H groups in total. The maximum absolute atomic E-state index is 5.67. The highest BCUT2D eigenvalue weighted by Crippen LogP contribution is 2.27. The summed E-state index contributed by atoms with van der Waals surface area (Å²) in [6.07, 6.45) is 1.12. The van der Waals surface area contributed by atoms with E-state index in [9.17, 15) is 0 Å². The molecule has 154 valence electrons. The molecule has 0 radical (unpaired) electrons. The molecule has 4 heterocycles. The van der Waals surface area contributed by atoms with Crippen LogP contribution in [-0.4, -0.2) is 58.3 Å². The lowest BCUT2D eigenvalue weighted by molar-refractivity contribution is 0.360. The average molecular weight is 403 g/mol. The van der Waals surface area contributed by atoms with Crippen molar-refractivity contribution in [3.63, 3.8) is 0 Å². The lowest BCUT2D eigenvalue weighted by Crippen LogP contribution is -2.32. The van der Waals surface area contributed by atoms with Gasteiger partial charge in [-0.3, -0.25) is 4.40 Å². The van der Waals surface area contributed by atoms with Crippen LogP contribution in [0.4, 0.5) is 5.82 Å². The summed E-state index contributed by atoms with van der Waals surface area (Å²) in [5, 5.41) is 4.77. The molecule has 1 aliphatic heterocycles. The number of benzene rings is 1. The SMILES string of the molecule is CN1CCCN(c2ccc3cc(/C(=N/N)NN)c4nc5ccccc5n4c3n2)CC1. The van der Waals surface area contributed by atoms with Crippen LogP contribution >= 0.6 is 0 Å². The second kappa shape index (κ2) is 7.43. The second-order valence-electron chi connectivity index (χ2n) is 7.67. The number of para-hydroxylation sites is 2.